The fraction of sp³-hybridized carbons (Fsp3) is 0.476. The minimum absolute atomic E-state index is 0.0670. The van der Waals surface area contributed by atoms with E-state index in [0.717, 1.165) is 37.1 Å². The van der Waals surface area contributed by atoms with Crippen molar-refractivity contribution in [2.45, 2.75) is 52.0 Å². The van der Waals surface area contributed by atoms with Gasteiger partial charge in [0.25, 0.3) is 5.91 Å². The van der Waals surface area contributed by atoms with Crippen molar-refractivity contribution in [3.05, 3.63) is 42.7 Å². The molecule has 26 heavy (non-hydrogen) atoms. The Labute approximate surface area is 155 Å². The maximum Gasteiger partial charge on any atom is 0.252 e. The number of imide groups is 1. The summed E-state index contributed by atoms with van der Waals surface area (Å²) in [4.78, 5) is 31.4. The number of likely N-dealkylation sites (tertiary alicyclic amines) is 1. The van der Waals surface area contributed by atoms with Crippen LogP contribution in [0.4, 0.5) is 0 Å². The van der Waals surface area contributed by atoms with E-state index in [-0.39, 0.29) is 18.2 Å². The molecule has 0 spiro atoms. The molecule has 2 heterocycles. The second kappa shape index (κ2) is 8.30. The molecule has 3 rings (SSSR count). The Kier molecular flexibility index (Phi) is 5.86. The average Bonchev–Trinajstić information content (AvgIpc) is 3.25. The maximum atomic E-state index is 13.0. The molecule has 5 nitrogen and oxygen atoms in total. The lowest BCUT2D eigenvalue weighted by molar-refractivity contribution is -0.140. The quantitative estimate of drug-likeness (QED) is 0.672. The molecule has 0 aliphatic carbocycles. The first-order chi connectivity index (χ1) is 12.7. The van der Waals surface area contributed by atoms with Crippen LogP contribution in [0, 0.1) is 5.92 Å². The molecule has 0 saturated carbocycles. The van der Waals surface area contributed by atoms with Gasteiger partial charge < -0.3 is 4.57 Å². The number of aromatic nitrogens is 2. The van der Waals surface area contributed by atoms with Gasteiger partial charge in [-0.1, -0.05) is 63.4 Å². The minimum atomic E-state index is -0.483. The van der Waals surface area contributed by atoms with E-state index in [0.29, 0.717) is 12.5 Å². The number of benzene rings is 1. The van der Waals surface area contributed by atoms with E-state index in [9.17, 15) is 9.59 Å². The molecule has 2 aromatic rings. The fourth-order valence-corrected chi connectivity index (χ4v) is 3.63. The molecular weight excluding hydrogens is 326 g/mol. The molecule has 1 saturated heterocycles. The third-order valence-corrected chi connectivity index (χ3v) is 5.24. The summed E-state index contributed by atoms with van der Waals surface area (Å²) in [5.74, 6) is 0.956. The van der Waals surface area contributed by atoms with E-state index in [2.05, 4.69) is 18.8 Å². The molecule has 1 aliphatic rings. The Morgan fingerprint density at radius 3 is 2.65 bits per heavy atom. The first-order valence-electron chi connectivity index (χ1n) is 9.58. The van der Waals surface area contributed by atoms with Crippen molar-refractivity contribution < 1.29 is 9.59 Å². The Balaban J connectivity index is 1.79. The Hall–Kier alpha value is -2.43. The number of unbranched alkanes of at least 4 members (excludes halogenated alkanes) is 1. The van der Waals surface area contributed by atoms with Crippen LogP contribution in [-0.4, -0.2) is 32.8 Å². The van der Waals surface area contributed by atoms with Gasteiger partial charge in [0, 0.05) is 24.5 Å². The number of nitrogens with zero attached hydrogens (tertiary/aromatic N) is 3. The lowest BCUT2D eigenvalue weighted by Gasteiger charge is -2.22. The first-order valence-corrected chi connectivity index (χ1v) is 9.58. The number of rotatable bonds is 8. The summed E-state index contributed by atoms with van der Waals surface area (Å²) >= 11 is 0. The van der Waals surface area contributed by atoms with Crippen molar-refractivity contribution in [2.75, 3.05) is 6.54 Å². The summed E-state index contributed by atoms with van der Waals surface area (Å²) in [7, 11) is 0. The van der Waals surface area contributed by atoms with Crippen LogP contribution in [0.1, 0.15) is 52.0 Å². The minimum Gasteiger partial charge on any atom is -0.318 e. The van der Waals surface area contributed by atoms with Gasteiger partial charge in [-0.3, -0.25) is 14.5 Å². The third kappa shape index (κ3) is 3.71. The molecule has 1 aromatic heterocycles. The lowest BCUT2D eigenvalue weighted by Crippen LogP contribution is -2.35. The standard InChI is InChI=1S/C21H27N3O2/c1-3-5-9-16(4-2)15-24-19(25)14-18(21(24)26)23-13-12-22-20(23)17-10-7-6-8-11-17/h6-8,10-13,16,18H,3-5,9,14-15H2,1-2H3. The second-order valence-electron chi connectivity index (χ2n) is 7.00. The average molecular weight is 353 g/mol. The van der Waals surface area contributed by atoms with Gasteiger partial charge in [0.2, 0.25) is 5.91 Å². The number of hydrogen-bond acceptors (Lipinski definition) is 3. The normalized spacial score (nSPS) is 18.5. The van der Waals surface area contributed by atoms with Crippen LogP contribution in [-0.2, 0) is 9.59 Å². The summed E-state index contributed by atoms with van der Waals surface area (Å²) in [5, 5.41) is 0. The molecule has 5 heteroatoms. The maximum absolute atomic E-state index is 13.0. The molecule has 2 amide bonds. The SMILES string of the molecule is CCCCC(CC)CN1C(=O)CC(n2ccnc2-c2ccccc2)C1=O. The van der Waals surface area contributed by atoms with Crippen molar-refractivity contribution >= 4 is 11.8 Å². The van der Waals surface area contributed by atoms with Crippen LogP contribution in [0.5, 0.6) is 0 Å². The van der Waals surface area contributed by atoms with Crippen molar-refractivity contribution in [2.24, 2.45) is 5.92 Å². The van der Waals surface area contributed by atoms with E-state index in [1.54, 1.807) is 12.4 Å². The predicted octanol–water partition coefficient (Wildman–Crippen LogP) is 4.07. The van der Waals surface area contributed by atoms with Gasteiger partial charge in [0.15, 0.2) is 0 Å². The predicted molar refractivity (Wildman–Crippen MR) is 101 cm³/mol. The Bertz CT molecular complexity index is 754. The molecule has 2 unspecified atom stereocenters. The van der Waals surface area contributed by atoms with Gasteiger partial charge in [-0.05, 0) is 12.3 Å². The zero-order valence-corrected chi connectivity index (χ0v) is 15.6. The number of carbonyl (C=O) groups is 2. The molecule has 1 aliphatic heterocycles. The summed E-state index contributed by atoms with van der Waals surface area (Å²) in [6.07, 6.45) is 8.04. The molecule has 2 atom stereocenters. The van der Waals surface area contributed by atoms with Crippen LogP contribution >= 0.6 is 0 Å². The van der Waals surface area contributed by atoms with E-state index in [4.69, 9.17) is 0 Å². The summed E-state index contributed by atoms with van der Waals surface area (Å²) in [6.45, 7) is 4.84. The second-order valence-corrected chi connectivity index (χ2v) is 7.00. The molecule has 0 radical (unpaired) electrons. The van der Waals surface area contributed by atoms with E-state index >= 15 is 0 Å². The van der Waals surface area contributed by atoms with Gasteiger partial charge in [-0.15, -0.1) is 0 Å². The van der Waals surface area contributed by atoms with Crippen LogP contribution in [0.3, 0.4) is 0 Å². The molecule has 138 valence electrons. The van der Waals surface area contributed by atoms with E-state index in [1.807, 2.05) is 34.9 Å². The van der Waals surface area contributed by atoms with E-state index < -0.39 is 6.04 Å². The van der Waals surface area contributed by atoms with Gasteiger partial charge in [-0.25, -0.2) is 4.98 Å². The van der Waals surface area contributed by atoms with Crippen molar-refractivity contribution in [1.82, 2.24) is 14.5 Å². The first kappa shape index (κ1) is 18.4. The number of carbonyl (C=O) groups excluding carboxylic acids is 2. The highest BCUT2D eigenvalue weighted by atomic mass is 16.2. The largest absolute Gasteiger partial charge is 0.318 e. The lowest BCUT2D eigenvalue weighted by atomic mass is 9.99. The Morgan fingerprint density at radius 1 is 1.19 bits per heavy atom. The van der Waals surface area contributed by atoms with Crippen LogP contribution in [0.15, 0.2) is 42.7 Å². The van der Waals surface area contributed by atoms with Crippen molar-refractivity contribution in [3.8, 4) is 11.4 Å². The smallest absolute Gasteiger partial charge is 0.252 e. The van der Waals surface area contributed by atoms with Gasteiger partial charge >= 0.3 is 0 Å². The van der Waals surface area contributed by atoms with Crippen molar-refractivity contribution in [1.29, 1.82) is 0 Å². The van der Waals surface area contributed by atoms with Gasteiger partial charge in [0.1, 0.15) is 11.9 Å². The number of hydrogen-bond donors (Lipinski definition) is 0. The van der Waals surface area contributed by atoms with Gasteiger partial charge in [0.05, 0.1) is 6.42 Å². The summed E-state index contributed by atoms with van der Waals surface area (Å²) in [5.41, 5.74) is 0.950. The van der Waals surface area contributed by atoms with Crippen LogP contribution < -0.4 is 0 Å². The molecule has 1 fully saturated rings. The zero-order valence-electron chi connectivity index (χ0n) is 15.6. The van der Waals surface area contributed by atoms with Gasteiger partial charge in [-0.2, -0.15) is 0 Å². The van der Waals surface area contributed by atoms with Crippen LogP contribution in [0.2, 0.25) is 0 Å². The number of imidazole rings is 1. The molecule has 0 bridgehead atoms. The number of amides is 2. The third-order valence-electron chi connectivity index (χ3n) is 5.24. The molecule has 0 N–H and O–H groups in total. The van der Waals surface area contributed by atoms with Crippen molar-refractivity contribution in [3.63, 3.8) is 0 Å². The van der Waals surface area contributed by atoms with E-state index in [1.165, 1.54) is 4.90 Å². The highest BCUT2D eigenvalue weighted by molar-refractivity contribution is 6.04. The van der Waals surface area contributed by atoms with Crippen LogP contribution in [0.25, 0.3) is 11.4 Å². The summed E-state index contributed by atoms with van der Waals surface area (Å²) < 4.78 is 1.85. The molecular formula is C21H27N3O2. The Morgan fingerprint density at radius 2 is 1.96 bits per heavy atom. The fourth-order valence-electron chi connectivity index (χ4n) is 3.63. The summed E-state index contributed by atoms with van der Waals surface area (Å²) in [6, 6.07) is 9.29. The topological polar surface area (TPSA) is 55.2 Å². The highest BCUT2D eigenvalue weighted by Crippen LogP contribution is 2.30. The molecule has 1 aromatic carbocycles. The zero-order chi connectivity index (χ0) is 18.5. The monoisotopic (exact) mass is 353 g/mol. The highest BCUT2D eigenvalue weighted by Gasteiger charge is 2.41.